The van der Waals surface area contributed by atoms with Crippen molar-refractivity contribution in [3.8, 4) is 11.5 Å². The summed E-state index contributed by atoms with van der Waals surface area (Å²) in [7, 11) is 4.77. The molecule has 0 N–H and O–H groups in total. The fourth-order valence-electron chi connectivity index (χ4n) is 4.06. The van der Waals surface area contributed by atoms with Crippen molar-refractivity contribution < 1.29 is 23.8 Å². The van der Waals surface area contributed by atoms with E-state index < -0.39 is 0 Å². The third-order valence-corrected chi connectivity index (χ3v) is 6.04. The summed E-state index contributed by atoms with van der Waals surface area (Å²) in [6.07, 6.45) is 0.522. The van der Waals surface area contributed by atoms with E-state index in [1.165, 1.54) is 5.01 Å². The summed E-state index contributed by atoms with van der Waals surface area (Å²) in [6, 6.07) is 13.3. The van der Waals surface area contributed by atoms with Gasteiger partial charge >= 0.3 is 0 Å². The maximum Gasteiger partial charge on any atom is 0.262 e. The summed E-state index contributed by atoms with van der Waals surface area (Å²) in [4.78, 5) is 27.9. The van der Waals surface area contributed by atoms with Gasteiger partial charge in [-0.05, 0) is 24.6 Å². The van der Waals surface area contributed by atoms with E-state index >= 15 is 0 Å². The second kappa shape index (κ2) is 11.8. The standard InChI is InChI=1S/C27H35N3O5/c1-18(2)27(32)29(13-14-33-4)17-26(31)30-24(20-9-7-19(3)8-10-20)16-23(28-30)22-12-11-21(34-5)15-25(22)35-6/h7-12,15,18,24H,13-14,16-17H2,1-6H3/t24-/m1/s1. The van der Waals surface area contributed by atoms with Crippen LogP contribution < -0.4 is 9.47 Å². The summed E-state index contributed by atoms with van der Waals surface area (Å²) in [5, 5.41) is 6.26. The molecule has 0 spiro atoms. The number of methoxy groups -OCH3 is 3. The van der Waals surface area contributed by atoms with Crippen LogP contribution in [-0.2, 0) is 14.3 Å². The molecule has 1 aliphatic rings. The molecule has 1 atom stereocenters. The fraction of sp³-hybridized carbons (Fsp3) is 0.444. The smallest absolute Gasteiger partial charge is 0.262 e. The molecule has 0 fully saturated rings. The largest absolute Gasteiger partial charge is 0.497 e. The third-order valence-electron chi connectivity index (χ3n) is 6.04. The van der Waals surface area contributed by atoms with Crippen LogP contribution in [0.1, 0.15) is 43.0 Å². The molecule has 0 aliphatic carbocycles. The molecular formula is C27H35N3O5. The Bertz CT molecular complexity index is 1060. The number of hydrazone groups is 1. The van der Waals surface area contributed by atoms with Crippen LogP contribution in [0, 0.1) is 12.8 Å². The molecule has 1 heterocycles. The summed E-state index contributed by atoms with van der Waals surface area (Å²) < 4.78 is 16.1. The normalized spacial score (nSPS) is 15.2. The molecule has 0 aromatic heterocycles. The number of rotatable bonds is 10. The molecule has 2 amide bonds. The van der Waals surface area contributed by atoms with Crippen molar-refractivity contribution in [3.63, 3.8) is 0 Å². The number of carbonyl (C=O) groups excluding carboxylic acids is 2. The molecule has 35 heavy (non-hydrogen) atoms. The lowest BCUT2D eigenvalue weighted by atomic mass is 9.97. The summed E-state index contributed by atoms with van der Waals surface area (Å²) in [5.41, 5.74) is 3.65. The van der Waals surface area contributed by atoms with Gasteiger partial charge in [-0.1, -0.05) is 43.7 Å². The highest BCUT2D eigenvalue weighted by atomic mass is 16.5. The van der Waals surface area contributed by atoms with Gasteiger partial charge in [-0.3, -0.25) is 9.59 Å². The molecule has 2 aromatic rings. The van der Waals surface area contributed by atoms with Gasteiger partial charge in [0.05, 0.1) is 32.6 Å². The van der Waals surface area contributed by atoms with E-state index in [1.54, 1.807) is 32.3 Å². The van der Waals surface area contributed by atoms with Gasteiger partial charge in [0.2, 0.25) is 5.91 Å². The second-order valence-electron chi connectivity index (χ2n) is 8.89. The minimum absolute atomic E-state index is 0.0702. The first kappa shape index (κ1) is 26.2. The number of nitrogens with zero attached hydrogens (tertiary/aromatic N) is 3. The first-order valence-electron chi connectivity index (χ1n) is 11.7. The minimum atomic E-state index is -0.289. The molecule has 0 saturated heterocycles. The fourth-order valence-corrected chi connectivity index (χ4v) is 4.06. The highest BCUT2D eigenvalue weighted by Crippen LogP contribution is 2.36. The van der Waals surface area contributed by atoms with Crippen molar-refractivity contribution in [1.29, 1.82) is 0 Å². The Hall–Kier alpha value is -3.39. The molecule has 2 aromatic carbocycles. The number of carbonyl (C=O) groups is 2. The van der Waals surface area contributed by atoms with E-state index in [0.717, 1.165) is 22.4 Å². The number of benzene rings is 2. The molecule has 188 valence electrons. The molecule has 3 rings (SSSR count). The average Bonchev–Trinajstić information content (AvgIpc) is 3.31. The van der Waals surface area contributed by atoms with Gasteiger partial charge < -0.3 is 19.1 Å². The van der Waals surface area contributed by atoms with Crippen molar-refractivity contribution in [2.75, 3.05) is 41.0 Å². The lowest BCUT2D eigenvalue weighted by molar-refractivity contribution is -0.143. The van der Waals surface area contributed by atoms with Crippen LogP contribution in [0.15, 0.2) is 47.6 Å². The number of hydrogen-bond acceptors (Lipinski definition) is 6. The van der Waals surface area contributed by atoms with E-state index in [-0.39, 0.29) is 30.3 Å². The Morgan fingerprint density at radius 1 is 1.09 bits per heavy atom. The maximum atomic E-state index is 13.6. The van der Waals surface area contributed by atoms with Gasteiger partial charge in [-0.25, -0.2) is 5.01 Å². The Morgan fingerprint density at radius 3 is 2.40 bits per heavy atom. The lowest BCUT2D eigenvalue weighted by Gasteiger charge is -2.28. The van der Waals surface area contributed by atoms with Crippen LogP contribution in [-0.4, -0.2) is 68.5 Å². The van der Waals surface area contributed by atoms with E-state index in [1.807, 2.05) is 57.2 Å². The van der Waals surface area contributed by atoms with E-state index in [2.05, 4.69) is 0 Å². The monoisotopic (exact) mass is 481 g/mol. The number of aryl methyl sites for hydroxylation is 1. The third kappa shape index (κ3) is 6.19. The first-order chi connectivity index (χ1) is 16.8. The average molecular weight is 482 g/mol. The van der Waals surface area contributed by atoms with Crippen molar-refractivity contribution in [2.24, 2.45) is 11.0 Å². The highest BCUT2D eigenvalue weighted by molar-refractivity contribution is 6.05. The maximum absolute atomic E-state index is 13.6. The molecule has 0 unspecified atom stereocenters. The van der Waals surface area contributed by atoms with Gasteiger partial charge in [0.1, 0.15) is 18.0 Å². The van der Waals surface area contributed by atoms with Gasteiger partial charge in [0.15, 0.2) is 0 Å². The van der Waals surface area contributed by atoms with Crippen LogP contribution in [0.4, 0.5) is 0 Å². The van der Waals surface area contributed by atoms with E-state index in [9.17, 15) is 9.59 Å². The van der Waals surface area contributed by atoms with E-state index in [4.69, 9.17) is 19.3 Å². The molecule has 0 radical (unpaired) electrons. The van der Waals surface area contributed by atoms with Crippen molar-refractivity contribution >= 4 is 17.5 Å². The van der Waals surface area contributed by atoms with Crippen LogP contribution in [0.5, 0.6) is 11.5 Å². The zero-order valence-electron chi connectivity index (χ0n) is 21.4. The van der Waals surface area contributed by atoms with Crippen LogP contribution in [0.2, 0.25) is 0 Å². The van der Waals surface area contributed by atoms with Crippen LogP contribution in [0.3, 0.4) is 0 Å². The Kier molecular flexibility index (Phi) is 8.87. The zero-order chi connectivity index (χ0) is 25.5. The highest BCUT2D eigenvalue weighted by Gasteiger charge is 2.35. The molecule has 8 nitrogen and oxygen atoms in total. The summed E-state index contributed by atoms with van der Waals surface area (Å²) in [6.45, 7) is 6.29. The van der Waals surface area contributed by atoms with Crippen molar-refractivity contribution in [2.45, 2.75) is 33.2 Å². The quantitative estimate of drug-likeness (QED) is 0.515. The van der Waals surface area contributed by atoms with Crippen LogP contribution in [0.25, 0.3) is 0 Å². The lowest BCUT2D eigenvalue weighted by Crippen LogP contribution is -2.44. The Morgan fingerprint density at radius 2 is 1.80 bits per heavy atom. The van der Waals surface area contributed by atoms with Gasteiger partial charge in [-0.2, -0.15) is 5.10 Å². The summed E-state index contributed by atoms with van der Waals surface area (Å²) in [5.74, 6) is 0.726. The SMILES string of the molecule is COCCN(CC(=O)N1N=C(c2ccc(OC)cc2OC)C[C@@H]1c1ccc(C)cc1)C(=O)C(C)C. The minimum Gasteiger partial charge on any atom is -0.497 e. The molecule has 8 heteroatoms. The molecular weight excluding hydrogens is 446 g/mol. The van der Waals surface area contributed by atoms with Gasteiger partial charge in [-0.15, -0.1) is 0 Å². The second-order valence-corrected chi connectivity index (χ2v) is 8.89. The van der Waals surface area contributed by atoms with Crippen molar-refractivity contribution in [3.05, 3.63) is 59.2 Å². The van der Waals surface area contributed by atoms with Gasteiger partial charge in [0.25, 0.3) is 5.91 Å². The first-order valence-corrected chi connectivity index (χ1v) is 11.7. The zero-order valence-corrected chi connectivity index (χ0v) is 21.4. The number of amides is 2. The Balaban J connectivity index is 1.96. The molecule has 0 bridgehead atoms. The number of ether oxygens (including phenoxy) is 3. The van der Waals surface area contributed by atoms with Crippen molar-refractivity contribution in [1.82, 2.24) is 9.91 Å². The predicted octanol–water partition coefficient (Wildman–Crippen LogP) is 3.82. The van der Waals surface area contributed by atoms with E-state index in [0.29, 0.717) is 31.1 Å². The molecule has 1 aliphatic heterocycles. The molecule has 0 saturated carbocycles. The van der Waals surface area contributed by atoms with Crippen LogP contribution >= 0.6 is 0 Å². The van der Waals surface area contributed by atoms with Gasteiger partial charge in [0, 0.05) is 37.6 Å². The Labute approximate surface area is 207 Å². The predicted molar refractivity (Wildman–Crippen MR) is 135 cm³/mol. The number of hydrogen-bond donors (Lipinski definition) is 0. The summed E-state index contributed by atoms with van der Waals surface area (Å²) >= 11 is 0. The topological polar surface area (TPSA) is 80.7 Å².